The highest BCUT2D eigenvalue weighted by molar-refractivity contribution is 6.33. The molecule has 20 heavy (non-hydrogen) atoms. The van der Waals surface area contributed by atoms with Crippen LogP contribution in [0.4, 0.5) is 11.4 Å². The van der Waals surface area contributed by atoms with Crippen LogP contribution in [0.25, 0.3) is 10.4 Å². The largest absolute Gasteiger partial charge is 0.312 e. The van der Waals surface area contributed by atoms with Gasteiger partial charge in [0.1, 0.15) is 5.02 Å². The first-order valence-electron chi connectivity index (χ1n) is 5.78. The Morgan fingerprint density at radius 3 is 2.95 bits per heavy atom. The topological polar surface area (TPSA) is 112 Å². The molecule has 1 aromatic carbocycles. The molecule has 1 aliphatic rings. The number of carbonyl (C=O) groups excluding carboxylic acids is 1. The van der Waals surface area contributed by atoms with Gasteiger partial charge in [0.25, 0.3) is 5.69 Å². The van der Waals surface area contributed by atoms with E-state index in [1.54, 1.807) is 0 Å². The van der Waals surface area contributed by atoms with Crippen LogP contribution < -0.4 is 4.90 Å². The zero-order chi connectivity index (χ0) is 14.7. The molecule has 1 atom stereocenters. The van der Waals surface area contributed by atoms with Crippen molar-refractivity contribution in [3.8, 4) is 0 Å². The predicted molar refractivity (Wildman–Crippen MR) is 72.6 cm³/mol. The van der Waals surface area contributed by atoms with Gasteiger partial charge in [-0.3, -0.25) is 14.9 Å². The highest BCUT2D eigenvalue weighted by Crippen LogP contribution is 2.32. The number of rotatable bonds is 4. The fourth-order valence-electron chi connectivity index (χ4n) is 2.12. The number of anilines is 1. The minimum Gasteiger partial charge on any atom is -0.312 e. The molecule has 0 bridgehead atoms. The number of halogens is 1. The van der Waals surface area contributed by atoms with Crippen molar-refractivity contribution in [3.05, 3.63) is 43.8 Å². The SMILES string of the molecule is [N-]=[N+]=NCC1CC(=O)N(c2ccc([N+](=O)[O-])c(Cl)c2)C1. The van der Waals surface area contributed by atoms with Crippen molar-refractivity contribution in [1.82, 2.24) is 0 Å². The van der Waals surface area contributed by atoms with E-state index in [1.807, 2.05) is 0 Å². The molecule has 1 aromatic rings. The van der Waals surface area contributed by atoms with Gasteiger partial charge in [0.2, 0.25) is 5.91 Å². The Labute approximate surface area is 118 Å². The van der Waals surface area contributed by atoms with E-state index in [1.165, 1.54) is 23.1 Å². The average Bonchev–Trinajstić information content (AvgIpc) is 2.77. The van der Waals surface area contributed by atoms with Gasteiger partial charge >= 0.3 is 0 Å². The highest BCUT2D eigenvalue weighted by Gasteiger charge is 2.30. The maximum Gasteiger partial charge on any atom is 0.288 e. The first-order chi connectivity index (χ1) is 9.52. The number of benzene rings is 1. The van der Waals surface area contributed by atoms with Gasteiger partial charge in [-0.25, -0.2) is 0 Å². The number of nitro groups is 1. The summed E-state index contributed by atoms with van der Waals surface area (Å²) >= 11 is 5.82. The molecule has 104 valence electrons. The van der Waals surface area contributed by atoms with Gasteiger partial charge in [0.05, 0.1) is 4.92 Å². The Bertz CT molecular complexity index is 614. The smallest absolute Gasteiger partial charge is 0.288 e. The van der Waals surface area contributed by atoms with Crippen LogP contribution in [0.3, 0.4) is 0 Å². The summed E-state index contributed by atoms with van der Waals surface area (Å²) in [5, 5.41) is 14.1. The third-order valence-electron chi connectivity index (χ3n) is 3.05. The van der Waals surface area contributed by atoms with Crippen LogP contribution in [0.1, 0.15) is 6.42 Å². The number of carbonyl (C=O) groups is 1. The van der Waals surface area contributed by atoms with Gasteiger partial charge in [-0.2, -0.15) is 0 Å². The third kappa shape index (κ3) is 2.81. The lowest BCUT2D eigenvalue weighted by Crippen LogP contribution is -2.24. The van der Waals surface area contributed by atoms with E-state index in [0.29, 0.717) is 12.2 Å². The minimum absolute atomic E-state index is 0.0150. The van der Waals surface area contributed by atoms with E-state index in [4.69, 9.17) is 17.1 Å². The molecular weight excluding hydrogens is 286 g/mol. The first-order valence-corrected chi connectivity index (χ1v) is 6.16. The lowest BCUT2D eigenvalue weighted by molar-refractivity contribution is -0.384. The van der Waals surface area contributed by atoms with Crippen molar-refractivity contribution in [3.63, 3.8) is 0 Å². The normalized spacial score (nSPS) is 17.9. The molecule has 2 rings (SSSR count). The van der Waals surface area contributed by atoms with Crippen LogP contribution in [-0.2, 0) is 4.79 Å². The van der Waals surface area contributed by atoms with E-state index in [9.17, 15) is 14.9 Å². The number of azide groups is 1. The maximum absolute atomic E-state index is 11.9. The zero-order valence-electron chi connectivity index (χ0n) is 10.3. The van der Waals surface area contributed by atoms with E-state index in [0.717, 1.165) is 0 Å². The summed E-state index contributed by atoms with van der Waals surface area (Å²) in [6, 6.07) is 4.15. The molecule has 1 unspecified atom stereocenters. The molecule has 0 spiro atoms. The Morgan fingerprint density at radius 2 is 2.35 bits per heavy atom. The van der Waals surface area contributed by atoms with Crippen molar-refractivity contribution in [2.45, 2.75) is 6.42 Å². The van der Waals surface area contributed by atoms with Crippen LogP contribution in [0.15, 0.2) is 23.3 Å². The lowest BCUT2D eigenvalue weighted by atomic mass is 10.1. The molecule has 0 aromatic heterocycles. The third-order valence-corrected chi connectivity index (χ3v) is 3.35. The first kappa shape index (κ1) is 14.1. The molecular formula is C11H10ClN5O3. The number of nitrogens with zero attached hydrogens (tertiary/aromatic N) is 5. The second kappa shape index (κ2) is 5.77. The van der Waals surface area contributed by atoms with Crippen LogP contribution in [0, 0.1) is 16.0 Å². The van der Waals surface area contributed by atoms with Crippen LogP contribution >= 0.6 is 11.6 Å². The van der Waals surface area contributed by atoms with Gasteiger partial charge in [0.15, 0.2) is 0 Å². The molecule has 0 aliphatic carbocycles. The van der Waals surface area contributed by atoms with Crippen molar-refractivity contribution in [2.75, 3.05) is 18.0 Å². The molecule has 1 heterocycles. The molecule has 8 nitrogen and oxygen atoms in total. The summed E-state index contributed by atoms with van der Waals surface area (Å²) in [6.45, 7) is 0.658. The number of hydrogen-bond acceptors (Lipinski definition) is 4. The summed E-state index contributed by atoms with van der Waals surface area (Å²) in [4.78, 5) is 26.2. The van der Waals surface area contributed by atoms with Crippen molar-refractivity contribution in [1.29, 1.82) is 0 Å². The van der Waals surface area contributed by atoms with Crippen molar-refractivity contribution in [2.24, 2.45) is 11.0 Å². The number of hydrogen-bond donors (Lipinski definition) is 0. The van der Waals surface area contributed by atoms with E-state index in [2.05, 4.69) is 10.0 Å². The standard InChI is InChI=1S/C11H10ClN5O3/c12-9-4-8(1-2-10(9)17(19)20)16-6-7(3-11(16)18)5-14-15-13/h1-2,4,7H,3,5-6H2. The summed E-state index contributed by atoms with van der Waals surface area (Å²) < 4.78 is 0. The quantitative estimate of drug-likeness (QED) is 0.280. The predicted octanol–water partition coefficient (Wildman–Crippen LogP) is 2.91. The van der Waals surface area contributed by atoms with Gasteiger partial charge < -0.3 is 4.90 Å². The number of amides is 1. The Balaban J connectivity index is 2.20. The average molecular weight is 296 g/mol. The Kier molecular flexibility index (Phi) is 4.07. The van der Waals surface area contributed by atoms with Gasteiger partial charge in [0, 0.05) is 36.2 Å². The second-order valence-electron chi connectivity index (χ2n) is 4.38. The monoisotopic (exact) mass is 295 g/mol. The summed E-state index contributed by atoms with van der Waals surface area (Å²) in [5.74, 6) is -0.166. The summed E-state index contributed by atoms with van der Waals surface area (Å²) in [7, 11) is 0. The number of nitro benzene ring substituents is 1. The second-order valence-corrected chi connectivity index (χ2v) is 4.79. The van der Waals surface area contributed by atoms with Gasteiger partial charge in [-0.15, -0.1) is 0 Å². The summed E-state index contributed by atoms with van der Waals surface area (Å²) in [5.41, 5.74) is 8.58. The molecule has 0 N–H and O–H groups in total. The fourth-order valence-corrected chi connectivity index (χ4v) is 2.36. The van der Waals surface area contributed by atoms with Gasteiger partial charge in [-0.05, 0) is 23.6 Å². The lowest BCUT2D eigenvalue weighted by Gasteiger charge is -2.16. The Hall–Kier alpha value is -2.31. The maximum atomic E-state index is 11.9. The van der Waals surface area contributed by atoms with Crippen LogP contribution in [0.2, 0.25) is 5.02 Å². The van der Waals surface area contributed by atoms with Crippen molar-refractivity contribution >= 4 is 28.9 Å². The summed E-state index contributed by atoms with van der Waals surface area (Å²) in [6.07, 6.45) is 0.285. The van der Waals surface area contributed by atoms with E-state index >= 15 is 0 Å². The van der Waals surface area contributed by atoms with Crippen LogP contribution in [-0.4, -0.2) is 23.9 Å². The molecule has 0 radical (unpaired) electrons. The van der Waals surface area contributed by atoms with Gasteiger partial charge in [-0.1, -0.05) is 16.7 Å². The fraction of sp³-hybridized carbons (Fsp3) is 0.364. The molecule has 0 saturated carbocycles. The highest BCUT2D eigenvalue weighted by atomic mass is 35.5. The van der Waals surface area contributed by atoms with Crippen molar-refractivity contribution < 1.29 is 9.72 Å². The van der Waals surface area contributed by atoms with E-state index in [-0.39, 0.29) is 35.5 Å². The molecule has 1 saturated heterocycles. The van der Waals surface area contributed by atoms with Crippen LogP contribution in [0.5, 0.6) is 0 Å². The van der Waals surface area contributed by atoms with E-state index < -0.39 is 4.92 Å². The molecule has 9 heteroatoms. The molecule has 1 fully saturated rings. The zero-order valence-corrected chi connectivity index (χ0v) is 11.0. The molecule has 1 amide bonds. The molecule has 1 aliphatic heterocycles. The Morgan fingerprint density at radius 1 is 1.60 bits per heavy atom. The minimum atomic E-state index is -0.581.